The normalized spacial score (nSPS) is 13.7. The van der Waals surface area contributed by atoms with Crippen molar-refractivity contribution in [1.29, 1.82) is 0 Å². The molecular formula is C20H19F3N2O4. The molecule has 1 aliphatic rings. The Bertz CT molecular complexity index is 898. The van der Waals surface area contributed by atoms with Crippen molar-refractivity contribution in [3.63, 3.8) is 0 Å². The molecule has 1 atom stereocenters. The van der Waals surface area contributed by atoms with E-state index < -0.39 is 24.0 Å². The lowest BCUT2D eigenvalue weighted by Crippen LogP contribution is -2.40. The highest BCUT2D eigenvalue weighted by Gasteiger charge is 2.40. The van der Waals surface area contributed by atoms with Gasteiger partial charge in [0.05, 0.1) is 12.5 Å². The van der Waals surface area contributed by atoms with Gasteiger partial charge in [0, 0.05) is 11.8 Å². The molecule has 2 amide bonds. The van der Waals surface area contributed by atoms with E-state index in [1.54, 1.807) is 42.5 Å². The molecule has 0 radical (unpaired) electrons. The predicted octanol–water partition coefficient (Wildman–Crippen LogP) is 3.73. The molecule has 1 unspecified atom stereocenters. The number of anilines is 1. The molecule has 1 aliphatic heterocycles. The Morgan fingerprint density at radius 3 is 2.41 bits per heavy atom. The first-order chi connectivity index (χ1) is 13.8. The maximum absolute atomic E-state index is 12.7. The Morgan fingerprint density at radius 1 is 1.07 bits per heavy atom. The number of rotatable bonds is 6. The van der Waals surface area contributed by atoms with Crippen LogP contribution in [0.5, 0.6) is 11.5 Å². The zero-order valence-electron chi connectivity index (χ0n) is 15.5. The van der Waals surface area contributed by atoms with E-state index in [4.69, 9.17) is 9.47 Å². The smallest absolute Gasteiger partial charge is 0.454 e. The fourth-order valence-electron chi connectivity index (χ4n) is 2.85. The van der Waals surface area contributed by atoms with Gasteiger partial charge in [-0.25, -0.2) is 0 Å². The molecule has 0 fully saturated rings. The number of carbonyl (C=O) groups is 2. The largest absolute Gasteiger partial charge is 0.471 e. The minimum atomic E-state index is -5.05. The molecule has 3 rings (SSSR count). The van der Waals surface area contributed by atoms with Crippen LogP contribution in [0.15, 0.2) is 42.5 Å². The highest BCUT2D eigenvalue weighted by Crippen LogP contribution is 2.34. The van der Waals surface area contributed by atoms with E-state index in [-0.39, 0.29) is 13.2 Å². The SMILES string of the molecule is CCc1ccc(C(CC(=O)Nc2ccc3c(c2)OCO3)NC(=O)C(F)(F)F)cc1. The number of benzene rings is 2. The highest BCUT2D eigenvalue weighted by atomic mass is 19.4. The summed E-state index contributed by atoms with van der Waals surface area (Å²) < 4.78 is 48.6. The lowest BCUT2D eigenvalue weighted by molar-refractivity contribution is -0.174. The number of nitrogens with one attached hydrogen (secondary N) is 2. The number of alkyl halides is 3. The van der Waals surface area contributed by atoms with E-state index >= 15 is 0 Å². The quantitative estimate of drug-likeness (QED) is 0.764. The van der Waals surface area contributed by atoms with Crippen LogP contribution in [0.1, 0.15) is 30.5 Å². The van der Waals surface area contributed by atoms with Gasteiger partial charge in [-0.1, -0.05) is 31.2 Å². The van der Waals surface area contributed by atoms with Crippen molar-refractivity contribution in [2.24, 2.45) is 0 Å². The molecule has 29 heavy (non-hydrogen) atoms. The third kappa shape index (κ3) is 5.18. The van der Waals surface area contributed by atoms with Gasteiger partial charge in [-0.15, -0.1) is 0 Å². The van der Waals surface area contributed by atoms with E-state index in [0.29, 0.717) is 22.7 Å². The van der Waals surface area contributed by atoms with Crippen molar-refractivity contribution in [2.45, 2.75) is 32.0 Å². The van der Waals surface area contributed by atoms with Crippen LogP contribution in [-0.4, -0.2) is 24.8 Å². The van der Waals surface area contributed by atoms with Gasteiger partial charge in [0.2, 0.25) is 12.7 Å². The Kier molecular flexibility index (Phi) is 5.95. The number of hydrogen-bond donors (Lipinski definition) is 2. The minimum absolute atomic E-state index is 0.0754. The summed E-state index contributed by atoms with van der Waals surface area (Å²) in [6.07, 6.45) is -4.67. The summed E-state index contributed by atoms with van der Waals surface area (Å²) in [7, 11) is 0. The molecule has 2 N–H and O–H groups in total. The Hall–Kier alpha value is -3.23. The zero-order chi connectivity index (χ0) is 21.0. The van der Waals surface area contributed by atoms with Gasteiger partial charge in [-0.05, 0) is 29.7 Å². The topological polar surface area (TPSA) is 76.7 Å². The molecule has 0 spiro atoms. The molecule has 0 saturated carbocycles. The number of amides is 2. The third-order valence-corrected chi connectivity index (χ3v) is 4.40. The first-order valence-corrected chi connectivity index (χ1v) is 8.92. The van der Waals surface area contributed by atoms with Gasteiger partial charge < -0.3 is 20.1 Å². The summed E-state index contributed by atoms with van der Waals surface area (Å²) in [6, 6.07) is 10.3. The average molecular weight is 408 g/mol. The summed E-state index contributed by atoms with van der Waals surface area (Å²) in [5, 5.41) is 4.50. The van der Waals surface area contributed by atoms with Crippen molar-refractivity contribution < 1.29 is 32.2 Å². The molecular weight excluding hydrogens is 389 g/mol. The van der Waals surface area contributed by atoms with E-state index in [1.165, 1.54) is 0 Å². The van der Waals surface area contributed by atoms with Crippen LogP contribution in [0.3, 0.4) is 0 Å². The monoisotopic (exact) mass is 408 g/mol. The van der Waals surface area contributed by atoms with E-state index in [9.17, 15) is 22.8 Å². The maximum atomic E-state index is 12.7. The zero-order valence-corrected chi connectivity index (χ0v) is 15.5. The molecule has 2 aromatic carbocycles. The summed E-state index contributed by atoms with van der Waals surface area (Å²) in [4.78, 5) is 23.9. The summed E-state index contributed by atoms with van der Waals surface area (Å²) >= 11 is 0. The van der Waals surface area contributed by atoms with Crippen LogP contribution in [-0.2, 0) is 16.0 Å². The van der Waals surface area contributed by atoms with Crippen LogP contribution < -0.4 is 20.1 Å². The van der Waals surface area contributed by atoms with Crippen molar-refractivity contribution in [1.82, 2.24) is 5.32 Å². The van der Waals surface area contributed by atoms with E-state index in [1.807, 2.05) is 12.2 Å². The average Bonchev–Trinajstić information content (AvgIpc) is 3.14. The number of aryl methyl sites for hydroxylation is 1. The summed E-state index contributed by atoms with van der Waals surface area (Å²) in [5.41, 5.74) is 1.79. The molecule has 0 saturated heterocycles. The second-order valence-corrected chi connectivity index (χ2v) is 6.44. The van der Waals surface area contributed by atoms with Crippen LogP contribution >= 0.6 is 0 Å². The lowest BCUT2D eigenvalue weighted by Gasteiger charge is -2.20. The number of fused-ring (bicyclic) bond motifs is 1. The molecule has 2 aromatic rings. The van der Waals surface area contributed by atoms with Crippen molar-refractivity contribution in [3.8, 4) is 11.5 Å². The Labute approximate surface area is 165 Å². The maximum Gasteiger partial charge on any atom is 0.471 e. The number of halogens is 3. The van der Waals surface area contributed by atoms with Crippen molar-refractivity contribution in [2.75, 3.05) is 12.1 Å². The standard InChI is InChI=1S/C20H19F3N2O4/c1-2-12-3-5-13(6-4-12)15(25-19(27)20(21,22)23)10-18(26)24-14-7-8-16-17(9-14)29-11-28-16/h3-9,15H,2,10-11H2,1H3,(H,24,26)(H,25,27). The van der Waals surface area contributed by atoms with Crippen LogP contribution in [0.25, 0.3) is 0 Å². The fourth-order valence-corrected chi connectivity index (χ4v) is 2.85. The molecule has 0 bridgehead atoms. The van der Waals surface area contributed by atoms with E-state index in [2.05, 4.69) is 5.32 Å². The third-order valence-electron chi connectivity index (χ3n) is 4.40. The van der Waals surface area contributed by atoms with Gasteiger partial charge in [-0.3, -0.25) is 9.59 Å². The van der Waals surface area contributed by atoms with Crippen LogP contribution in [0.4, 0.5) is 18.9 Å². The number of hydrogen-bond acceptors (Lipinski definition) is 4. The first-order valence-electron chi connectivity index (χ1n) is 8.92. The van der Waals surface area contributed by atoms with Gasteiger partial charge >= 0.3 is 12.1 Å². The molecule has 9 heteroatoms. The highest BCUT2D eigenvalue weighted by molar-refractivity contribution is 5.92. The lowest BCUT2D eigenvalue weighted by atomic mass is 10.0. The molecule has 154 valence electrons. The summed E-state index contributed by atoms with van der Waals surface area (Å²) in [6.45, 7) is 2.02. The Morgan fingerprint density at radius 2 is 1.76 bits per heavy atom. The van der Waals surface area contributed by atoms with Gasteiger partial charge in [0.25, 0.3) is 0 Å². The predicted molar refractivity (Wildman–Crippen MR) is 98.6 cm³/mol. The van der Waals surface area contributed by atoms with Crippen LogP contribution in [0, 0.1) is 0 Å². The molecule has 0 aromatic heterocycles. The second kappa shape index (κ2) is 8.42. The molecule has 1 heterocycles. The molecule has 6 nitrogen and oxygen atoms in total. The van der Waals surface area contributed by atoms with Gasteiger partial charge in [0.15, 0.2) is 11.5 Å². The van der Waals surface area contributed by atoms with E-state index in [0.717, 1.165) is 12.0 Å². The first kappa shape index (κ1) is 20.5. The van der Waals surface area contributed by atoms with Gasteiger partial charge in [0.1, 0.15) is 0 Å². The fraction of sp³-hybridized carbons (Fsp3) is 0.300. The van der Waals surface area contributed by atoms with Crippen molar-refractivity contribution >= 4 is 17.5 Å². The number of ether oxygens (including phenoxy) is 2. The van der Waals surface area contributed by atoms with Crippen molar-refractivity contribution in [3.05, 3.63) is 53.6 Å². The summed E-state index contributed by atoms with van der Waals surface area (Å²) in [5.74, 6) is -1.66. The minimum Gasteiger partial charge on any atom is -0.454 e. The number of carbonyl (C=O) groups excluding carboxylic acids is 2. The van der Waals surface area contributed by atoms with Crippen LogP contribution in [0.2, 0.25) is 0 Å². The Balaban J connectivity index is 1.74. The second-order valence-electron chi connectivity index (χ2n) is 6.44. The molecule has 0 aliphatic carbocycles. The van der Waals surface area contributed by atoms with Gasteiger partial charge in [-0.2, -0.15) is 13.2 Å².